The molecule has 1 aliphatic carbocycles. The van der Waals surface area contributed by atoms with Gasteiger partial charge in [0.05, 0.1) is 25.0 Å². The zero-order chi connectivity index (χ0) is 14.0. The van der Waals surface area contributed by atoms with E-state index in [1.807, 2.05) is 4.68 Å². The van der Waals surface area contributed by atoms with Crippen molar-refractivity contribution in [1.82, 2.24) is 14.7 Å². The number of nitrogens with zero attached hydrogens (tertiary/aromatic N) is 3. The Kier molecular flexibility index (Phi) is 4.16. The molecule has 1 aromatic rings. The van der Waals surface area contributed by atoms with E-state index >= 15 is 0 Å². The minimum absolute atomic E-state index is 0.0280. The molecular weight excluding hydrogens is 240 g/mol. The number of ether oxygens (including phenoxy) is 1. The van der Waals surface area contributed by atoms with Gasteiger partial charge in [-0.15, -0.1) is 0 Å². The fraction of sp³-hybridized carbons (Fsp3) is 0.786. The number of aryl methyl sites for hydroxylation is 1. The molecule has 1 aromatic heterocycles. The third kappa shape index (κ3) is 2.25. The van der Waals surface area contributed by atoms with Crippen molar-refractivity contribution < 1.29 is 4.74 Å². The molecule has 1 atom stereocenters. The van der Waals surface area contributed by atoms with E-state index in [0.29, 0.717) is 0 Å². The quantitative estimate of drug-likeness (QED) is 0.882. The first kappa shape index (κ1) is 14.3. The first-order valence-corrected chi connectivity index (χ1v) is 7.09. The van der Waals surface area contributed by atoms with Crippen molar-refractivity contribution in [2.24, 2.45) is 5.73 Å². The van der Waals surface area contributed by atoms with Gasteiger partial charge in [-0.1, -0.05) is 12.8 Å². The molecule has 0 aliphatic heterocycles. The summed E-state index contributed by atoms with van der Waals surface area (Å²) < 4.78 is 7.42. The number of nitrogens with two attached hydrogens (primary N) is 1. The summed E-state index contributed by atoms with van der Waals surface area (Å²) in [6.45, 7) is 2.90. The van der Waals surface area contributed by atoms with Crippen LogP contribution in [-0.4, -0.2) is 41.4 Å². The van der Waals surface area contributed by atoms with Crippen LogP contribution in [0.1, 0.15) is 44.3 Å². The molecule has 0 radical (unpaired) electrons. The van der Waals surface area contributed by atoms with E-state index in [1.165, 1.54) is 12.8 Å². The molecule has 0 spiro atoms. The highest BCUT2D eigenvalue weighted by Crippen LogP contribution is 2.44. The second kappa shape index (κ2) is 5.51. The maximum Gasteiger partial charge on any atom is 0.161 e. The summed E-state index contributed by atoms with van der Waals surface area (Å²) in [4.78, 5) is 2.29. The predicted molar refractivity (Wildman–Crippen MR) is 76.3 cm³/mol. The molecule has 19 heavy (non-hydrogen) atoms. The van der Waals surface area contributed by atoms with Crippen LogP contribution in [0.5, 0.6) is 5.75 Å². The zero-order valence-electron chi connectivity index (χ0n) is 12.5. The largest absolute Gasteiger partial charge is 0.493 e. The Bertz CT molecular complexity index is 400. The van der Waals surface area contributed by atoms with E-state index in [4.69, 9.17) is 10.5 Å². The van der Waals surface area contributed by atoms with Gasteiger partial charge >= 0.3 is 0 Å². The zero-order valence-corrected chi connectivity index (χ0v) is 12.5. The van der Waals surface area contributed by atoms with E-state index in [9.17, 15) is 0 Å². The van der Waals surface area contributed by atoms with Crippen molar-refractivity contribution in [1.29, 1.82) is 0 Å². The molecule has 1 saturated carbocycles. The van der Waals surface area contributed by atoms with Crippen molar-refractivity contribution in [3.05, 3.63) is 11.9 Å². The van der Waals surface area contributed by atoms with Crippen LogP contribution in [0.15, 0.2) is 6.20 Å². The molecule has 2 N–H and O–H groups in total. The first-order chi connectivity index (χ1) is 9.06. The number of aromatic nitrogens is 2. The van der Waals surface area contributed by atoms with E-state index in [1.54, 1.807) is 13.3 Å². The molecule has 1 unspecified atom stereocenters. The lowest BCUT2D eigenvalue weighted by Crippen LogP contribution is -2.51. The number of likely N-dealkylation sites (N-methyl/N-ethyl adjacent to an activating group) is 1. The Morgan fingerprint density at radius 1 is 1.47 bits per heavy atom. The molecule has 0 bridgehead atoms. The van der Waals surface area contributed by atoms with Crippen molar-refractivity contribution in [2.75, 3.05) is 21.2 Å². The fourth-order valence-electron chi connectivity index (χ4n) is 3.38. The van der Waals surface area contributed by atoms with Crippen LogP contribution in [0, 0.1) is 0 Å². The molecule has 5 heteroatoms. The van der Waals surface area contributed by atoms with Gasteiger partial charge < -0.3 is 15.4 Å². The predicted octanol–water partition coefficient (Wildman–Crippen LogP) is 1.79. The average Bonchev–Trinajstić information content (AvgIpc) is 3.04. The lowest BCUT2D eigenvalue weighted by Gasteiger charge is -2.41. The number of methoxy groups -OCH3 is 1. The molecule has 2 rings (SSSR count). The lowest BCUT2D eigenvalue weighted by molar-refractivity contribution is 0.118. The topological polar surface area (TPSA) is 56.3 Å². The summed E-state index contributed by atoms with van der Waals surface area (Å²) in [5.41, 5.74) is 7.71. The highest BCUT2D eigenvalue weighted by Gasteiger charge is 2.44. The molecule has 108 valence electrons. The lowest BCUT2D eigenvalue weighted by atomic mass is 9.85. The van der Waals surface area contributed by atoms with Gasteiger partial charge in [-0.05, 0) is 33.9 Å². The standard InChI is InChI=1S/C14H26N4O/c1-5-18-12(11(19-4)10-16-18)13(15)14(17(2)3)8-6-7-9-14/h10,13H,5-9,15H2,1-4H3. The summed E-state index contributed by atoms with van der Waals surface area (Å²) in [5.74, 6) is 0.808. The Labute approximate surface area is 115 Å². The van der Waals surface area contributed by atoms with E-state index < -0.39 is 0 Å². The summed E-state index contributed by atoms with van der Waals surface area (Å²) in [7, 11) is 5.94. The van der Waals surface area contributed by atoms with Gasteiger partial charge in [0.15, 0.2) is 5.75 Å². The maximum atomic E-state index is 6.65. The van der Waals surface area contributed by atoms with Crippen LogP contribution in [0.4, 0.5) is 0 Å². The van der Waals surface area contributed by atoms with E-state index in [0.717, 1.165) is 30.8 Å². The van der Waals surface area contributed by atoms with Gasteiger partial charge in [0.25, 0.3) is 0 Å². The van der Waals surface area contributed by atoms with Gasteiger partial charge in [-0.2, -0.15) is 5.10 Å². The first-order valence-electron chi connectivity index (χ1n) is 7.09. The Morgan fingerprint density at radius 2 is 2.11 bits per heavy atom. The van der Waals surface area contributed by atoms with Gasteiger partial charge in [0.2, 0.25) is 0 Å². The van der Waals surface area contributed by atoms with Gasteiger partial charge in [-0.3, -0.25) is 4.68 Å². The molecule has 1 aliphatic rings. The molecule has 1 heterocycles. The Balaban J connectivity index is 2.42. The van der Waals surface area contributed by atoms with Crippen molar-refractivity contribution >= 4 is 0 Å². The van der Waals surface area contributed by atoms with Crippen molar-refractivity contribution in [2.45, 2.75) is 50.7 Å². The van der Waals surface area contributed by atoms with E-state index in [-0.39, 0.29) is 11.6 Å². The Hall–Kier alpha value is -1.07. The van der Waals surface area contributed by atoms with Gasteiger partial charge in [0, 0.05) is 12.1 Å². The average molecular weight is 266 g/mol. The highest BCUT2D eigenvalue weighted by molar-refractivity contribution is 5.31. The van der Waals surface area contributed by atoms with Gasteiger partial charge in [-0.25, -0.2) is 0 Å². The molecule has 0 aromatic carbocycles. The smallest absolute Gasteiger partial charge is 0.161 e. The van der Waals surface area contributed by atoms with Crippen LogP contribution >= 0.6 is 0 Å². The number of rotatable bonds is 5. The van der Waals surface area contributed by atoms with Crippen molar-refractivity contribution in [3.8, 4) is 5.75 Å². The molecule has 0 amide bonds. The molecule has 0 saturated heterocycles. The second-order valence-electron chi connectivity index (χ2n) is 5.60. The van der Waals surface area contributed by atoms with Crippen LogP contribution in [0.2, 0.25) is 0 Å². The molecule has 1 fully saturated rings. The fourth-order valence-corrected chi connectivity index (χ4v) is 3.38. The number of hydrogen-bond acceptors (Lipinski definition) is 4. The normalized spacial score (nSPS) is 19.9. The summed E-state index contributed by atoms with van der Waals surface area (Å²) >= 11 is 0. The van der Waals surface area contributed by atoms with Crippen LogP contribution in [0.3, 0.4) is 0 Å². The van der Waals surface area contributed by atoms with Gasteiger partial charge in [0.1, 0.15) is 0 Å². The van der Waals surface area contributed by atoms with Crippen molar-refractivity contribution in [3.63, 3.8) is 0 Å². The second-order valence-corrected chi connectivity index (χ2v) is 5.60. The van der Waals surface area contributed by atoms with Crippen LogP contribution < -0.4 is 10.5 Å². The third-order valence-corrected chi connectivity index (χ3v) is 4.60. The summed E-state index contributed by atoms with van der Waals surface area (Å²) in [6, 6.07) is -0.0672. The third-order valence-electron chi connectivity index (χ3n) is 4.60. The monoisotopic (exact) mass is 266 g/mol. The van der Waals surface area contributed by atoms with E-state index in [2.05, 4.69) is 31.0 Å². The number of hydrogen-bond donors (Lipinski definition) is 1. The van der Waals surface area contributed by atoms with Crippen LogP contribution in [-0.2, 0) is 6.54 Å². The Morgan fingerprint density at radius 3 is 2.58 bits per heavy atom. The molecule has 5 nitrogen and oxygen atoms in total. The molecular formula is C14H26N4O. The minimum atomic E-state index is -0.0672. The highest BCUT2D eigenvalue weighted by atomic mass is 16.5. The maximum absolute atomic E-state index is 6.65. The minimum Gasteiger partial charge on any atom is -0.493 e. The summed E-state index contributed by atoms with van der Waals surface area (Å²) in [5, 5.41) is 4.38. The SMILES string of the molecule is CCn1ncc(OC)c1C(N)C1(N(C)C)CCCC1. The van der Waals surface area contributed by atoms with Crippen LogP contribution in [0.25, 0.3) is 0 Å². The summed E-state index contributed by atoms with van der Waals surface area (Å²) in [6.07, 6.45) is 6.54.